The van der Waals surface area contributed by atoms with E-state index < -0.39 is 0 Å². The molecule has 0 amide bonds. The molecule has 1 heterocycles. The van der Waals surface area contributed by atoms with E-state index in [-0.39, 0.29) is 5.41 Å². The standard InChI is InChI=1S/C42H70S/c1-4-7-9-11-13-15-17-19-21-23-25-27-31-42(32-28-26-24-22-20-18-16-14-12-10-8-5-2)33-29-30-38-35-39-34-37(6-3)36-43-41(39)40(38)42/h29-30,33-34,36H,4-28,31-32,35H2,1-3H3. The van der Waals surface area contributed by atoms with Crippen LogP contribution in [0.4, 0.5) is 0 Å². The molecule has 2 aliphatic carbocycles. The van der Waals surface area contributed by atoms with Gasteiger partial charge >= 0.3 is 0 Å². The molecule has 0 atom stereocenters. The van der Waals surface area contributed by atoms with Crippen molar-refractivity contribution < 1.29 is 0 Å². The molecule has 0 bridgehead atoms. The molecule has 244 valence electrons. The molecule has 1 heteroatoms. The fourth-order valence-electron chi connectivity index (χ4n) is 7.73. The van der Waals surface area contributed by atoms with Crippen LogP contribution in [0.2, 0.25) is 0 Å². The van der Waals surface area contributed by atoms with Crippen LogP contribution in [0.5, 0.6) is 0 Å². The highest BCUT2D eigenvalue weighted by atomic mass is 32.2. The molecule has 0 nitrogen and oxygen atoms in total. The highest BCUT2D eigenvalue weighted by Crippen LogP contribution is 2.57. The molecule has 0 aromatic carbocycles. The van der Waals surface area contributed by atoms with E-state index in [1.165, 1.54) is 173 Å². The number of unbranched alkanes of at least 4 members (excludes halogenated alkanes) is 22. The van der Waals surface area contributed by atoms with E-state index in [2.05, 4.69) is 62.2 Å². The summed E-state index contributed by atoms with van der Waals surface area (Å²) in [6.07, 6.45) is 49.6. The fraction of sp³-hybridized carbons (Fsp3) is 0.762. The summed E-state index contributed by atoms with van der Waals surface area (Å²) in [5, 5.41) is 2.45. The summed E-state index contributed by atoms with van der Waals surface area (Å²) >= 11 is 2.05. The Morgan fingerprint density at radius 3 is 1.44 bits per heavy atom. The van der Waals surface area contributed by atoms with Gasteiger partial charge in [-0.2, -0.15) is 0 Å². The number of rotatable bonds is 27. The van der Waals surface area contributed by atoms with Crippen LogP contribution in [-0.2, 0) is 0 Å². The minimum Gasteiger partial charge on any atom is -0.0972 e. The summed E-state index contributed by atoms with van der Waals surface area (Å²) in [5.74, 6) is 0. The number of allylic oxidation sites excluding steroid dienone is 8. The summed E-state index contributed by atoms with van der Waals surface area (Å²) in [4.78, 5) is 1.63. The first-order chi connectivity index (χ1) is 21.2. The third-order valence-corrected chi connectivity index (χ3v) is 11.6. The number of hydrogen-bond acceptors (Lipinski definition) is 1. The molecule has 0 spiro atoms. The molecule has 3 aliphatic rings. The highest BCUT2D eigenvalue weighted by molar-refractivity contribution is 8.06. The van der Waals surface area contributed by atoms with E-state index in [1.54, 1.807) is 21.6 Å². The largest absolute Gasteiger partial charge is 0.0972 e. The summed E-state index contributed by atoms with van der Waals surface area (Å²) in [5.41, 5.74) is 6.78. The average Bonchev–Trinajstić information content (AvgIpc) is 3.41. The molecule has 0 N–H and O–H groups in total. The molecule has 1 aliphatic heterocycles. The van der Waals surface area contributed by atoms with Gasteiger partial charge in [-0.25, -0.2) is 0 Å². The Morgan fingerprint density at radius 1 is 0.558 bits per heavy atom. The van der Waals surface area contributed by atoms with E-state index in [0.717, 1.165) is 12.8 Å². The Bertz CT molecular complexity index is 881. The van der Waals surface area contributed by atoms with Crippen LogP contribution >= 0.6 is 11.8 Å². The van der Waals surface area contributed by atoms with E-state index in [4.69, 9.17) is 0 Å². The van der Waals surface area contributed by atoms with E-state index in [9.17, 15) is 0 Å². The molecule has 3 rings (SSSR count). The summed E-state index contributed by atoms with van der Waals surface area (Å²) < 4.78 is 0. The van der Waals surface area contributed by atoms with Crippen molar-refractivity contribution in [1.82, 2.24) is 0 Å². The van der Waals surface area contributed by atoms with Crippen LogP contribution in [0.1, 0.15) is 201 Å². The Hall–Kier alpha value is -0.950. The normalized spacial score (nSPS) is 17.1. The third kappa shape index (κ3) is 13.1. The Morgan fingerprint density at radius 2 is 1.00 bits per heavy atom. The molecule has 0 aromatic rings. The van der Waals surface area contributed by atoms with Crippen LogP contribution in [0.15, 0.2) is 56.9 Å². The molecule has 0 saturated carbocycles. The Labute approximate surface area is 273 Å². The lowest BCUT2D eigenvalue weighted by molar-refractivity contribution is 0.352. The molecule has 0 fully saturated rings. The Balaban J connectivity index is 1.44. The van der Waals surface area contributed by atoms with Crippen molar-refractivity contribution in [2.24, 2.45) is 5.41 Å². The SMILES string of the molecule is CCCCCCCCCCCCCCC1(CCCCCCCCCCCCCC)C=CC=C2CC3=CC(CC)=CSC3=C21. The molecule has 0 aromatic heterocycles. The first-order valence-corrected chi connectivity index (χ1v) is 20.3. The number of hydrogen-bond donors (Lipinski definition) is 0. The summed E-state index contributed by atoms with van der Waals surface area (Å²) in [6.45, 7) is 6.93. The van der Waals surface area contributed by atoms with Gasteiger partial charge < -0.3 is 0 Å². The van der Waals surface area contributed by atoms with Crippen molar-refractivity contribution in [2.75, 3.05) is 0 Å². The van der Waals surface area contributed by atoms with Crippen molar-refractivity contribution >= 4 is 11.8 Å². The van der Waals surface area contributed by atoms with Crippen molar-refractivity contribution in [3.05, 3.63) is 56.9 Å². The predicted octanol–water partition coefficient (Wildman–Crippen LogP) is 15.3. The first-order valence-electron chi connectivity index (χ1n) is 19.4. The zero-order valence-electron chi connectivity index (χ0n) is 29.1. The van der Waals surface area contributed by atoms with Gasteiger partial charge in [-0.15, -0.1) is 0 Å². The lowest BCUT2D eigenvalue weighted by Gasteiger charge is -2.36. The second kappa shape index (κ2) is 22.5. The van der Waals surface area contributed by atoms with Gasteiger partial charge in [0.2, 0.25) is 0 Å². The lowest BCUT2D eigenvalue weighted by atomic mass is 9.68. The second-order valence-electron chi connectivity index (χ2n) is 14.2. The molecule has 43 heavy (non-hydrogen) atoms. The lowest BCUT2D eigenvalue weighted by Crippen LogP contribution is -2.24. The maximum absolute atomic E-state index is 2.65. The Kier molecular flexibility index (Phi) is 19.1. The summed E-state index contributed by atoms with van der Waals surface area (Å²) in [7, 11) is 0. The second-order valence-corrected chi connectivity index (χ2v) is 15.1. The van der Waals surface area contributed by atoms with E-state index >= 15 is 0 Å². The van der Waals surface area contributed by atoms with Crippen molar-refractivity contribution in [1.29, 1.82) is 0 Å². The molecule has 0 radical (unpaired) electrons. The maximum Gasteiger partial charge on any atom is 0.0195 e. The quantitative estimate of drug-likeness (QED) is 0.0838. The van der Waals surface area contributed by atoms with Crippen LogP contribution in [-0.4, -0.2) is 0 Å². The van der Waals surface area contributed by atoms with Crippen molar-refractivity contribution in [2.45, 2.75) is 201 Å². The van der Waals surface area contributed by atoms with Gasteiger partial charge in [0, 0.05) is 10.3 Å². The molecular formula is C42H70S. The minimum atomic E-state index is 0.274. The zero-order chi connectivity index (χ0) is 30.4. The van der Waals surface area contributed by atoms with Gasteiger partial charge in [-0.1, -0.05) is 211 Å². The first kappa shape index (κ1) is 36.5. The van der Waals surface area contributed by atoms with Gasteiger partial charge in [-0.3, -0.25) is 0 Å². The van der Waals surface area contributed by atoms with Crippen LogP contribution in [0, 0.1) is 5.41 Å². The van der Waals surface area contributed by atoms with Gasteiger partial charge in [0.05, 0.1) is 0 Å². The fourth-order valence-corrected chi connectivity index (χ4v) is 8.97. The third-order valence-electron chi connectivity index (χ3n) is 10.5. The smallest absolute Gasteiger partial charge is 0.0195 e. The zero-order valence-corrected chi connectivity index (χ0v) is 29.9. The summed E-state index contributed by atoms with van der Waals surface area (Å²) in [6, 6.07) is 0. The maximum atomic E-state index is 2.65. The van der Waals surface area contributed by atoms with Crippen LogP contribution in [0.3, 0.4) is 0 Å². The van der Waals surface area contributed by atoms with Gasteiger partial charge in [-0.05, 0) is 53.4 Å². The highest BCUT2D eigenvalue weighted by Gasteiger charge is 2.40. The van der Waals surface area contributed by atoms with Gasteiger partial charge in [0.25, 0.3) is 0 Å². The van der Waals surface area contributed by atoms with Gasteiger partial charge in [0.15, 0.2) is 0 Å². The monoisotopic (exact) mass is 607 g/mol. The predicted molar refractivity (Wildman–Crippen MR) is 197 cm³/mol. The van der Waals surface area contributed by atoms with E-state index in [1.807, 2.05) is 0 Å². The molecule has 0 saturated heterocycles. The number of fused-ring (bicyclic) bond motifs is 2. The topological polar surface area (TPSA) is 0 Å². The van der Waals surface area contributed by atoms with Crippen LogP contribution < -0.4 is 0 Å². The van der Waals surface area contributed by atoms with Gasteiger partial charge in [0.1, 0.15) is 0 Å². The van der Waals surface area contributed by atoms with Crippen molar-refractivity contribution in [3.63, 3.8) is 0 Å². The number of thioether (sulfide) groups is 1. The minimum absolute atomic E-state index is 0.274. The average molecular weight is 607 g/mol. The molecular weight excluding hydrogens is 537 g/mol. The molecule has 0 unspecified atom stereocenters. The van der Waals surface area contributed by atoms with E-state index in [0.29, 0.717) is 0 Å². The van der Waals surface area contributed by atoms with Crippen molar-refractivity contribution in [3.8, 4) is 0 Å². The van der Waals surface area contributed by atoms with Crippen LogP contribution in [0.25, 0.3) is 0 Å².